The first kappa shape index (κ1) is 15.3. The number of nitrogens with zero attached hydrogens (tertiary/aromatic N) is 1. The predicted molar refractivity (Wildman–Crippen MR) is 91.6 cm³/mol. The van der Waals surface area contributed by atoms with Crippen molar-refractivity contribution in [3.05, 3.63) is 48.5 Å². The molecule has 0 spiro atoms. The Balaban J connectivity index is 1.97. The van der Waals surface area contributed by atoms with Crippen LogP contribution in [-0.2, 0) is 0 Å². The Hall–Kier alpha value is -2.14. The zero-order chi connectivity index (χ0) is 15.2. The quantitative estimate of drug-likeness (QED) is 0.835. The number of hydrogen-bond acceptors (Lipinski definition) is 3. The first-order valence-electron chi connectivity index (χ1n) is 6.58. The number of amides is 2. The molecule has 5 heteroatoms. The second kappa shape index (κ2) is 7.04. The van der Waals surface area contributed by atoms with Gasteiger partial charge < -0.3 is 15.5 Å². The number of carbonyl (C=O) groups is 1. The molecule has 0 aromatic heterocycles. The van der Waals surface area contributed by atoms with Crippen LogP contribution in [0.2, 0.25) is 0 Å². The lowest BCUT2D eigenvalue weighted by atomic mass is 10.2. The molecule has 0 heterocycles. The van der Waals surface area contributed by atoms with Crippen molar-refractivity contribution in [3.8, 4) is 0 Å². The Morgan fingerprint density at radius 2 is 1.67 bits per heavy atom. The van der Waals surface area contributed by atoms with Crippen molar-refractivity contribution in [2.45, 2.75) is 4.90 Å². The number of urea groups is 1. The minimum atomic E-state index is -0.245. The molecule has 0 aliphatic rings. The number of carbonyl (C=O) groups excluding carboxylic acids is 1. The average molecular weight is 301 g/mol. The van der Waals surface area contributed by atoms with E-state index in [1.165, 1.54) is 0 Å². The zero-order valence-corrected chi connectivity index (χ0v) is 13.2. The van der Waals surface area contributed by atoms with Gasteiger partial charge in [-0.3, -0.25) is 0 Å². The van der Waals surface area contributed by atoms with Gasteiger partial charge in [-0.15, -0.1) is 11.8 Å². The molecule has 0 atom stereocenters. The number of hydrogen-bond donors (Lipinski definition) is 2. The lowest BCUT2D eigenvalue weighted by Gasteiger charge is -2.13. The van der Waals surface area contributed by atoms with Crippen LogP contribution in [0.15, 0.2) is 53.4 Å². The maximum absolute atomic E-state index is 12.0. The molecule has 2 aromatic rings. The van der Waals surface area contributed by atoms with Gasteiger partial charge in [-0.2, -0.15) is 0 Å². The molecule has 0 aliphatic carbocycles. The van der Waals surface area contributed by atoms with Gasteiger partial charge in [0.1, 0.15) is 0 Å². The van der Waals surface area contributed by atoms with E-state index in [1.807, 2.05) is 73.8 Å². The Morgan fingerprint density at radius 1 is 1.00 bits per heavy atom. The SMILES string of the molecule is CSc1cccc(NC(=O)Nc2ccc(N(C)C)cc2)c1. The van der Waals surface area contributed by atoms with Crippen LogP contribution >= 0.6 is 11.8 Å². The summed E-state index contributed by atoms with van der Waals surface area (Å²) in [4.78, 5) is 15.1. The topological polar surface area (TPSA) is 44.4 Å². The van der Waals surface area contributed by atoms with Crippen molar-refractivity contribution in [3.63, 3.8) is 0 Å². The van der Waals surface area contributed by atoms with E-state index in [4.69, 9.17) is 0 Å². The Kier molecular flexibility index (Phi) is 5.11. The monoisotopic (exact) mass is 301 g/mol. The number of thioether (sulfide) groups is 1. The molecule has 0 bridgehead atoms. The molecule has 0 radical (unpaired) electrons. The fraction of sp³-hybridized carbons (Fsp3) is 0.188. The molecule has 0 saturated heterocycles. The summed E-state index contributed by atoms with van der Waals surface area (Å²) in [6, 6.07) is 15.2. The van der Waals surface area contributed by atoms with E-state index in [-0.39, 0.29) is 6.03 Å². The van der Waals surface area contributed by atoms with E-state index >= 15 is 0 Å². The molecular weight excluding hydrogens is 282 g/mol. The number of rotatable bonds is 4. The Labute approximate surface area is 129 Å². The van der Waals surface area contributed by atoms with Gasteiger partial charge in [0.05, 0.1) is 0 Å². The van der Waals surface area contributed by atoms with Gasteiger partial charge in [-0.1, -0.05) is 6.07 Å². The van der Waals surface area contributed by atoms with Crippen LogP contribution in [0, 0.1) is 0 Å². The fourth-order valence-electron chi connectivity index (χ4n) is 1.84. The largest absolute Gasteiger partial charge is 0.378 e. The van der Waals surface area contributed by atoms with Crippen LogP contribution in [0.25, 0.3) is 0 Å². The first-order valence-corrected chi connectivity index (χ1v) is 7.80. The molecule has 2 aromatic carbocycles. The molecule has 110 valence electrons. The third-order valence-electron chi connectivity index (χ3n) is 2.97. The molecule has 0 saturated carbocycles. The Morgan fingerprint density at radius 3 is 2.29 bits per heavy atom. The lowest BCUT2D eigenvalue weighted by molar-refractivity contribution is 0.262. The maximum atomic E-state index is 12.0. The van der Waals surface area contributed by atoms with Gasteiger partial charge in [-0.25, -0.2) is 4.79 Å². The molecule has 2 amide bonds. The fourth-order valence-corrected chi connectivity index (χ4v) is 2.30. The number of benzene rings is 2. The molecule has 2 N–H and O–H groups in total. The normalized spacial score (nSPS) is 10.0. The minimum Gasteiger partial charge on any atom is -0.378 e. The van der Waals surface area contributed by atoms with Crippen LogP contribution in [0.3, 0.4) is 0 Å². The van der Waals surface area contributed by atoms with E-state index in [0.29, 0.717) is 0 Å². The van der Waals surface area contributed by atoms with Crippen LogP contribution < -0.4 is 15.5 Å². The third kappa shape index (κ3) is 4.43. The lowest BCUT2D eigenvalue weighted by Crippen LogP contribution is -2.19. The summed E-state index contributed by atoms with van der Waals surface area (Å²) in [5, 5.41) is 5.65. The molecule has 0 aliphatic heterocycles. The zero-order valence-electron chi connectivity index (χ0n) is 12.4. The summed E-state index contributed by atoms with van der Waals surface area (Å²) < 4.78 is 0. The average Bonchev–Trinajstić information content (AvgIpc) is 2.47. The smallest absolute Gasteiger partial charge is 0.323 e. The third-order valence-corrected chi connectivity index (χ3v) is 3.69. The molecular formula is C16H19N3OS. The van der Waals surface area contributed by atoms with Crippen molar-refractivity contribution < 1.29 is 4.79 Å². The molecule has 0 unspecified atom stereocenters. The molecule has 4 nitrogen and oxygen atoms in total. The van der Waals surface area contributed by atoms with Crippen molar-refractivity contribution in [1.82, 2.24) is 0 Å². The highest BCUT2D eigenvalue weighted by Crippen LogP contribution is 2.19. The van der Waals surface area contributed by atoms with Gasteiger partial charge in [0.25, 0.3) is 0 Å². The van der Waals surface area contributed by atoms with Gasteiger partial charge in [0, 0.05) is 36.1 Å². The van der Waals surface area contributed by atoms with Crippen LogP contribution in [0.5, 0.6) is 0 Å². The van der Waals surface area contributed by atoms with E-state index < -0.39 is 0 Å². The summed E-state index contributed by atoms with van der Waals surface area (Å²) in [7, 11) is 3.96. The molecule has 0 fully saturated rings. The Bertz CT molecular complexity index is 611. The number of nitrogens with one attached hydrogen (secondary N) is 2. The number of anilines is 3. The van der Waals surface area contributed by atoms with Crippen LogP contribution in [0.4, 0.5) is 21.9 Å². The van der Waals surface area contributed by atoms with E-state index in [2.05, 4.69) is 10.6 Å². The summed E-state index contributed by atoms with van der Waals surface area (Å²) in [5.74, 6) is 0. The highest BCUT2D eigenvalue weighted by Gasteiger charge is 2.03. The second-order valence-electron chi connectivity index (χ2n) is 4.75. The highest BCUT2D eigenvalue weighted by molar-refractivity contribution is 7.98. The van der Waals surface area contributed by atoms with Crippen molar-refractivity contribution in [2.24, 2.45) is 0 Å². The summed E-state index contributed by atoms with van der Waals surface area (Å²) in [5.41, 5.74) is 2.64. The van der Waals surface area contributed by atoms with Gasteiger partial charge >= 0.3 is 6.03 Å². The maximum Gasteiger partial charge on any atom is 0.323 e. The van der Waals surface area contributed by atoms with Gasteiger partial charge in [0.15, 0.2) is 0 Å². The molecule has 21 heavy (non-hydrogen) atoms. The van der Waals surface area contributed by atoms with Gasteiger partial charge in [-0.05, 0) is 48.7 Å². The van der Waals surface area contributed by atoms with Gasteiger partial charge in [0.2, 0.25) is 0 Å². The summed E-state index contributed by atoms with van der Waals surface area (Å²) in [6.45, 7) is 0. The van der Waals surface area contributed by atoms with Crippen molar-refractivity contribution in [2.75, 3.05) is 35.9 Å². The van der Waals surface area contributed by atoms with Crippen LogP contribution in [-0.4, -0.2) is 26.4 Å². The summed E-state index contributed by atoms with van der Waals surface area (Å²) >= 11 is 1.64. The van der Waals surface area contributed by atoms with E-state index in [1.54, 1.807) is 11.8 Å². The van der Waals surface area contributed by atoms with Crippen LogP contribution in [0.1, 0.15) is 0 Å². The highest BCUT2D eigenvalue weighted by atomic mass is 32.2. The first-order chi connectivity index (χ1) is 10.1. The second-order valence-corrected chi connectivity index (χ2v) is 5.63. The van der Waals surface area contributed by atoms with E-state index in [0.717, 1.165) is 22.0 Å². The standard InChI is InChI=1S/C16H19N3OS/c1-19(2)14-9-7-12(8-10-14)17-16(20)18-13-5-4-6-15(11-13)21-3/h4-11H,1-3H3,(H2,17,18,20). The molecule has 2 rings (SSSR count). The predicted octanol–water partition coefficient (Wildman–Crippen LogP) is 4.12. The summed E-state index contributed by atoms with van der Waals surface area (Å²) in [6.07, 6.45) is 2.01. The van der Waals surface area contributed by atoms with E-state index in [9.17, 15) is 4.79 Å². The van der Waals surface area contributed by atoms with Crippen molar-refractivity contribution in [1.29, 1.82) is 0 Å². The van der Waals surface area contributed by atoms with Crippen molar-refractivity contribution >= 4 is 34.9 Å². The minimum absolute atomic E-state index is 0.245.